The van der Waals surface area contributed by atoms with Gasteiger partial charge in [0.05, 0.1) is 12.1 Å². The monoisotopic (exact) mass is 453 g/mol. The van der Waals surface area contributed by atoms with E-state index in [0.29, 0.717) is 29.1 Å². The van der Waals surface area contributed by atoms with Gasteiger partial charge in [0, 0.05) is 48.8 Å². The molecule has 1 N–H and O–H groups in total. The quantitative estimate of drug-likeness (QED) is 0.585. The molecule has 1 amide bonds. The highest BCUT2D eigenvalue weighted by atomic mass is 35.5. The number of hydrogen-bond acceptors (Lipinski definition) is 5. The minimum Gasteiger partial charge on any atom is -0.495 e. The van der Waals surface area contributed by atoms with Crippen LogP contribution in [0.2, 0.25) is 5.02 Å². The van der Waals surface area contributed by atoms with Gasteiger partial charge < -0.3 is 10.1 Å². The summed E-state index contributed by atoms with van der Waals surface area (Å²) in [4.78, 5) is 19.4. The summed E-state index contributed by atoms with van der Waals surface area (Å²) in [6.45, 7) is 4.76. The van der Waals surface area contributed by atoms with Gasteiger partial charge in [0.15, 0.2) is 0 Å². The number of aromatic nitrogens is 3. The van der Waals surface area contributed by atoms with Gasteiger partial charge in [-0.2, -0.15) is 9.78 Å². The van der Waals surface area contributed by atoms with Crippen LogP contribution in [0.25, 0.3) is 22.4 Å². The number of halogens is 1. The molecule has 4 rings (SSSR count). The molecule has 168 valence electrons. The van der Waals surface area contributed by atoms with Gasteiger partial charge in [-0.25, -0.2) is 4.79 Å². The van der Waals surface area contributed by atoms with E-state index in [1.165, 1.54) is 23.9 Å². The lowest BCUT2D eigenvalue weighted by atomic mass is 10.0. The summed E-state index contributed by atoms with van der Waals surface area (Å²) in [5, 5.41) is 8.14. The van der Waals surface area contributed by atoms with Crippen molar-refractivity contribution in [2.45, 2.75) is 32.2 Å². The lowest BCUT2D eigenvalue weighted by Gasteiger charge is -2.33. The van der Waals surface area contributed by atoms with Crippen molar-refractivity contribution in [2.24, 2.45) is 0 Å². The highest BCUT2D eigenvalue weighted by molar-refractivity contribution is 6.32. The highest BCUT2D eigenvalue weighted by Gasteiger charge is 2.20. The van der Waals surface area contributed by atoms with Crippen LogP contribution in [0, 0.1) is 0 Å². The molecule has 1 saturated heterocycles. The first kappa shape index (κ1) is 22.3. The van der Waals surface area contributed by atoms with Crippen molar-refractivity contribution in [3.8, 4) is 28.1 Å². The van der Waals surface area contributed by atoms with Crippen LogP contribution in [0.1, 0.15) is 26.2 Å². The standard InChI is InChI=1S/C24H28ClN5O2/c1-17-5-3-4-13-29(17)14-12-27-24(31)30-16-20(18-8-10-26-11-9-18)23(28-30)19-6-7-21(25)22(15-19)32-2/h6-11,15-17H,3-5,12-14H2,1-2H3,(H,27,31). The molecule has 1 unspecified atom stereocenters. The zero-order chi connectivity index (χ0) is 22.5. The molecule has 32 heavy (non-hydrogen) atoms. The molecule has 1 aromatic carbocycles. The fraction of sp³-hybridized carbons (Fsp3) is 0.375. The predicted octanol–water partition coefficient (Wildman–Crippen LogP) is 4.71. The Morgan fingerprint density at radius 1 is 1.22 bits per heavy atom. The Morgan fingerprint density at radius 3 is 2.78 bits per heavy atom. The van der Waals surface area contributed by atoms with Crippen LogP contribution in [0.3, 0.4) is 0 Å². The number of carbonyl (C=O) groups excluding carboxylic acids is 1. The molecular weight excluding hydrogens is 426 g/mol. The van der Waals surface area contributed by atoms with Crippen molar-refractivity contribution in [3.05, 3.63) is 53.9 Å². The molecular formula is C24H28ClN5O2. The van der Waals surface area contributed by atoms with Crippen LogP contribution in [0.15, 0.2) is 48.9 Å². The minimum absolute atomic E-state index is 0.253. The van der Waals surface area contributed by atoms with Gasteiger partial charge in [-0.1, -0.05) is 24.1 Å². The van der Waals surface area contributed by atoms with Crippen molar-refractivity contribution in [3.63, 3.8) is 0 Å². The van der Waals surface area contributed by atoms with Gasteiger partial charge in [-0.15, -0.1) is 0 Å². The summed E-state index contributed by atoms with van der Waals surface area (Å²) in [5.74, 6) is 0.555. The fourth-order valence-corrected chi connectivity index (χ4v) is 4.31. The zero-order valence-electron chi connectivity index (χ0n) is 18.4. The molecule has 1 atom stereocenters. The average molecular weight is 454 g/mol. The van der Waals surface area contributed by atoms with E-state index in [1.54, 1.807) is 31.8 Å². The maximum Gasteiger partial charge on any atom is 0.342 e. The number of amides is 1. The first-order valence-corrected chi connectivity index (χ1v) is 11.3. The van der Waals surface area contributed by atoms with E-state index >= 15 is 0 Å². The van der Waals surface area contributed by atoms with Crippen molar-refractivity contribution in [2.75, 3.05) is 26.7 Å². The molecule has 0 radical (unpaired) electrons. The number of methoxy groups -OCH3 is 1. The van der Waals surface area contributed by atoms with E-state index in [2.05, 4.69) is 27.2 Å². The van der Waals surface area contributed by atoms with Crippen LogP contribution in [0.4, 0.5) is 4.79 Å². The molecule has 0 aliphatic carbocycles. The number of nitrogens with zero attached hydrogens (tertiary/aromatic N) is 4. The van der Waals surface area contributed by atoms with Crippen LogP contribution in [0.5, 0.6) is 5.75 Å². The number of likely N-dealkylation sites (tertiary alicyclic amines) is 1. The summed E-state index contributed by atoms with van der Waals surface area (Å²) in [6.07, 6.45) is 8.92. The second-order valence-corrected chi connectivity index (χ2v) is 8.44. The predicted molar refractivity (Wildman–Crippen MR) is 126 cm³/mol. The number of nitrogens with one attached hydrogen (secondary N) is 1. The number of ether oxygens (including phenoxy) is 1. The Kier molecular flexibility index (Phi) is 7.07. The van der Waals surface area contributed by atoms with Crippen LogP contribution >= 0.6 is 11.6 Å². The number of piperidine rings is 1. The first-order chi connectivity index (χ1) is 15.6. The molecule has 1 fully saturated rings. The van der Waals surface area contributed by atoms with Crippen molar-refractivity contribution >= 4 is 17.6 Å². The van der Waals surface area contributed by atoms with Crippen molar-refractivity contribution in [1.29, 1.82) is 0 Å². The highest BCUT2D eigenvalue weighted by Crippen LogP contribution is 2.35. The Labute approximate surface area is 193 Å². The maximum atomic E-state index is 12.9. The van der Waals surface area contributed by atoms with Gasteiger partial charge in [0.25, 0.3) is 0 Å². The second kappa shape index (κ2) is 10.1. The molecule has 7 nitrogen and oxygen atoms in total. The van der Waals surface area contributed by atoms with Gasteiger partial charge in [0.1, 0.15) is 11.4 Å². The lowest BCUT2D eigenvalue weighted by molar-refractivity contribution is 0.161. The van der Waals surface area contributed by atoms with Crippen LogP contribution < -0.4 is 10.1 Å². The summed E-state index contributed by atoms with van der Waals surface area (Å²) < 4.78 is 6.73. The van der Waals surface area contributed by atoms with E-state index in [1.807, 2.05) is 24.3 Å². The minimum atomic E-state index is -0.253. The molecule has 3 aromatic rings. The van der Waals surface area contributed by atoms with Gasteiger partial charge >= 0.3 is 6.03 Å². The topological polar surface area (TPSA) is 72.3 Å². The summed E-state index contributed by atoms with van der Waals surface area (Å²) in [7, 11) is 1.57. The molecule has 0 saturated carbocycles. The van der Waals surface area contributed by atoms with E-state index in [0.717, 1.165) is 29.8 Å². The fourth-order valence-electron chi connectivity index (χ4n) is 4.12. The van der Waals surface area contributed by atoms with Gasteiger partial charge in [-0.05, 0) is 56.1 Å². The third-order valence-electron chi connectivity index (χ3n) is 5.95. The third-order valence-corrected chi connectivity index (χ3v) is 6.27. The first-order valence-electron chi connectivity index (χ1n) is 10.9. The van der Waals surface area contributed by atoms with E-state index in [-0.39, 0.29) is 6.03 Å². The summed E-state index contributed by atoms with van der Waals surface area (Å²) in [6, 6.07) is 9.58. The Morgan fingerprint density at radius 2 is 2.03 bits per heavy atom. The Bertz CT molecular complexity index is 1070. The largest absolute Gasteiger partial charge is 0.495 e. The summed E-state index contributed by atoms with van der Waals surface area (Å²) >= 11 is 6.20. The Hall–Kier alpha value is -2.90. The smallest absolute Gasteiger partial charge is 0.342 e. The molecule has 2 aromatic heterocycles. The van der Waals surface area contributed by atoms with E-state index in [4.69, 9.17) is 16.3 Å². The average Bonchev–Trinajstić information content (AvgIpc) is 3.27. The zero-order valence-corrected chi connectivity index (χ0v) is 19.2. The van der Waals surface area contributed by atoms with Gasteiger partial charge in [0.2, 0.25) is 0 Å². The third kappa shape index (κ3) is 4.95. The second-order valence-electron chi connectivity index (χ2n) is 8.03. The number of benzene rings is 1. The molecule has 1 aliphatic rings. The normalized spacial score (nSPS) is 16.7. The molecule has 1 aliphatic heterocycles. The SMILES string of the molecule is COc1cc(-c2nn(C(=O)NCCN3CCCCC3C)cc2-c2ccncc2)ccc1Cl. The molecule has 8 heteroatoms. The van der Waals surface area contributed by atoms with E-state index < -0.39 is 0 Å². The Balaban J connectivity index is 1.57. The summed E-state index contributed by atoms with van der Waals surface area (Å²) in [5.41, 5.74) is 3.24. The number of carbonyl (C=O) groups is 1. The van der Waals surface area contributed by atoms with Gasteiger partial charge in [-0.3, -0.25) is 9.88 Å². The van der Waals surface area contributed by atoms with Crippen LogP contribution in [-0.4, -0.2) is 58.5 Å². The lowest BCUT2D eigenvalue weighted by Crippen LogP contribution is -2.43. The van der Waals surface area contributed by atoms with E-state index in [9.17, 15) is 4.79 Å². The van der Waals surface area contributed by atoms with Crippen molar-refractivity contribution < 1.29 is 9.53 Å². The van der Waals surface area contributed by atoms with Crippen LogP contribution in [-0.2, 0) is 0 Å². The number of rotatable bonds is 6. The maximum absolute atomic E-state index is 12.9. The van der Waals surface area contributed by atoms with Crippen molar-refractivity contribution in [1.82, 2.24) is 25.0 Å². The molecule has 0 bridgehead atoms. The number of pyridine rings is 1. The molecule has 0 spiro atoms. The number of hydrogen-bond donors (Lipinski definition) is 1. The molecule has 3 heterocycles.